The molecule has 1 heterocycles. The third kappa shape index (κ3) is 3.76. The van der Waals surface area contributed by atoms with Gasteiger partial charge in [0, 0.05) is 25.4 Å². The summed E-state index contributed by atoms with van der Waals surface area (Å²) in [5.74, 6) is 0. The number of halogens is 1. The third-order valence-electron chi connectivity index (χ3n) is 2.82. The zero-order valence-electron chi connectivity index (χ0n) is 11.0. The van der Waals surface area contributed by atoms with Crippen LogP contribution in [0.15, 0.2) is 42.6 Å². The maximum Gasteiger partial charge on any atom is 0.288 e. The summed E-state index contributed by atoms with van der Waals surface area (Å²) in [7, 11) is 1.94. The predicted octanol–water partition coefficient (Wildman–Crippen LogP) is 3.28. The van der Waals surface area contributed by atoms with E-state index >= 15 is 0 Å². The molecule has 0 saturated heterocycles. The van der Waals surface area contributed by atoms with Crippen molar-refractivity contribution in [2.75, 3.05) is 7.05 Å². The van der Waals surface area contributed by atoms with E-state index in [1.165, 1.54) is 6.07 Å². The zero-order valence-corrected chi connectivity index (χ0v) is 11.7. The van der Waals surface area contributed by atoms with Gasteiger partial charge in [0.2, 0.25) is 0 Å². The lowest BCUT2D eigenvalue weighted by Crippen LogP contribution is -2.17. The molecule has 0 aliphatic carbocycles. The summed E-state index contributed by atoms with van der Waals surface area (Å²) in [6, 6.07) is 10.6. The first-order valence-corrected chi connectivity index (χ1v) is 6.45. The van der Waals surface area contributed by atoms with Gasteiger partial charge in [0.05, 0.1) is 10.6 Å². The standard InChI is InChI=1S/C14H14ClN3O2/c1-17(10-12-4-2-3-7-16-12)9-11-5-6-13(15)14(8-11)18(19)20/h2-8H,9-10H2,1H3. The van der Waals surface area contributed by atoms with Crippen LogP contribution in [0.5, 0.6) is 0 Å². The first kappa shape index (κ1) is 14.4. The van der Waals surface area contributed by atoms with Gasteiger partial charge in [0.15, 0.2) is 0 Å². The van der Waals surface area contributed by atoms with Crippen LogP contribution in [0.1, 0.15) is 11.3 Å². The quantitative estimate of drug-likeness (QED) is 0.626. The van der Waals surface area contributed by atoms with Gasteiger partial charge in [-0.3, -0.25) is 20.0 Å². The molecule has 0 N–H and O–H groups in total. The molecule has 0 radical (unpaired) electrons. The molecule has 1 aromatic carbocycles. The molecule has 104 valence electrons. The van der Waals surface area contributed by atoms with Crippen LogP contribution >= 0.6 is 11.6 Å². The Balaban J connectivity index is 2.06. The van der Waals surface area contributed by atoms with E-state index in [0.717, 1.165) is 11.3 Å². The molecule has 0 amide bonds. The Morgan fingerprint density at radius 2 is 2.10 bits per heavy atom. The van der Waals surface area contributed by atoms with Crippen molar-refractivity contribution in [2.45, 2.75) is 13.1 Å². The molecule has 0 saturated carbocycles. The molecule has 2 rings (SSSR count). The molecule has 0 unspecified atom stereocenters. The van der Waals surface area contributed by atoms with E-state index in [0.29, 0.717) is 13.1 Å². The monoisotopic (exact) mass is 291 g/mol. The Morgan fingerprint density at radius 1 is 1.30 bits per heavy atom. The van der Waals surface area contributed by atoms with Crippen molar-refractivity contribution in [1.82, 2.24) is 9.88 Å². The maximum atomic E-state index is 10.8. The zero-order chi connectivity index (χ0) is 14.5. The normalized spacial score (nSPS) is 10.8. The van der Waals surface area contributed by atoms with Crippen molar-refractivity contribution in [1.29, 1.82) is 0 Å². The average molecular weight is 292 g/mol. The summed E-state index contributed by atoms with van der Waals surface area (Å²) in [6.07, 6.45) is 1.75. The number of rotatable bonds is 5. The van der Waals surface area contributed by atoms with Crippen molar-refractivity contribution in [3.8, 4) is 0 Å². The second-order valence-corrected chi connectivity index (χ2v) is 4.94. The third-order valence-corrected chi connectivity index (χ3v) is 3.14. The minimum atomic E-state index is -0.468. The number of nitrogens with zero attached hydrogens (tertiary/aromatic N) is 3. The molecule has 0 bridgehead atoms. The lowest BCUT2D eigenvalue weighted by atomic mass is 10.2. The molecule has 0 aliphatic heterocycles. The predicted molar refractivity (Wildman–Crippen MR) is 77.5 cm³/mol. The Labute approximate surface area is 122 Å². The summed E-state index contributed by atoms with van der Waals surface area (Å²) in [6.45, 7) is 1.27. The molecule has 20 heavy (non-hydrogen) atoms. The summed E-state index contributed by atoms with van der Waals surface area (Å²) >= 11 is 5.79. The van der Waals surface area contributed by atoms with Crippen molar-refractivity contribution in [3.05, 3.63) is 69.0 Å². The van der Waals surface area contributed by atoms with Crippen molar-refractivity contribution in [3.63, 3.8) is 0 Å². The lowest BCUT2D eigenvalue weighted by Gasteiger charge is -2.16. The van der Waals surface area contributed by atoms with Crippen LogP contribution in [-0.4, -0.2) is 21.9 Å². The molecule has 0 spiro atoms. The van der Waals surface area contributed by atoms with Crippen molar-refractivity contribution >= 4 is 17.3 Å². The van der Waals surface area contributed by atoms with E-state index in [9.17, 15) is 10.1 Å². The molecule has 5 nitrogen and oxygen atoms in total. The molecule has 2 aromatic rings. The minimum Gasteiger partial charge on any atom is -0.296 e. The van der Waals surface area contributed by atoms with Gasteiger partial charge >= 0.3 is 0 Å². The fourth-order valence-corrected chi connectivity index (χ4v) is 2.12. The van der Waals surface area contributed by atoms with Gasteiger partial charge in [-0.1, -0.05) is 23.7 Å². The molecular weight excluding hydrogens is 278 g/mol. The largest absolute Gasteiger partial charge is 0.296 e. The molecule has 0 atom stereocenters. The molecular formula is C14H14ClN3O2. The number of nitro groups is 1. The van der Waals surface area contributed by atoms with E-state index < -0.39 is 4.92 Å². The highest BCUT2D eigenvalue weighted by Gasteiger charge is 2.13. The van der Waals surface area contributed by atoms with Crippen molar-refractivity contribution in [2.24, 2.45) is 0 Å². The number of aromatic nitrogens is 1. The number of benzene rings is 1. The topological polar surface area (TPSA) is 59.3 Å². The van der Waals surface area contributed by atoms with Gasteiger partial charge in [-0.25, -0.2) is 0 Å². The van der Waals surface area contributed by atoms with E-state index in [-0.39, 0.29) is 10.7 Å². The Morgan fingerprint density at radius 3 is 2.75 bits per heavy atom. The number of hydrogen-bond acceptors (Lipinski definition) is 4. The molecule has 0 aliphatic rings. The van der Waals surface area contributed by atoms with Gasteiger partial charge in [-0.05, 0) is 30.8 Å². The highest BCUT2D eigenvalue weighted by Crippen LogP contribution is 2.25. The first-order valence-electron chi connectivity index (χ1n) is 6.07. The van der Waals surface area contributed by atoms with E-state index in [4.69, 9.17) is 11.6 Å². The minimum absolute atomic E-state index is 0.0598. The number of nitro benzene ring substituents is 1. The smallest absolute Gasteiger partial charge is 0.288 e. The summed E-state index contributed by atoms with van der Waals surface area (Å²) in [4.78, 5) is 16.7. The molecule has 1 aromatic heterocycles. The highest BCUT2D eigenvalue weighted by atomic mass is 35.5. The number of hydrogen-bond donors (Lipinski definition) is 0. The summed E-state index contributed by atoms with van der Waals surface area (Å²) in [5.41, 5.74) is 1.74. The van der Waals surface area contributed by atoms with Crippen molar-refractivity contribution < 1.29 is 4.92 Å². The SMILES string of the molecule is CN(Cc1ccc(Cl)c([N+](=O)[O-])c1)Cc1ccccn1. The van der Waals surface area contributed by atoms with Crippen LogP contribution < -0.4 is 0 Å². The fourth-order valence-electron chi connectivity index (χ4n) is 1.93. The average Bonchev–Trinajstić information content (AvgIpc) is 2.41. The van der Waals surface area contributed by atoms with E-state index in [1.54, 1.807) is 18.3 Å². The van der Waals surface area contributed by atoms with Crippen LogP contribution in [0.3, 0.4) is 0 Å². The van der Waals surface area contributed by atoms with Gasteiger partial charge in [-0.2, -0.15) is 0 Å². The maximum absolute atomic E-state index is 10.8. The fraction of sp³-hybridized carbons (Fsp3) is 0.214. The second-order valence-electron chi connectivity index (χ2n) is 4.54. The number of pyridine rings is 1. The Bertz CT molecular complexity index is 605. The summed E-state index contributed by atoms with van der Waals surface area (Å²) in [5, 5.41) is 11.0. The van der Waals surface area contributed by atoms with Gasteiger partial charge in [0.1, 0.15) is 5.02 Å². The van der Waals surface area contributed by atoms with Crippen LogP contribution in [-0.2, 0) is 13.1 Å². The van der Waals surface area contributed by atoms with Gasteiger partial charge < -0.3 is 0 Å². The van der Waals surface area contributed by atoms with Gasteiger partial charge in [-0.15, -0.1) is 0 Å². The van der Waals surface area contributed by atoms with Crippen LogP contribution in [0, 0.1) is 10.1 Å². The van der Waals surface area contributed by atoms with Gasteiger partial charge in [0.25, 0.3) is 5.69 Å². The summed E-state index contributed by atoms with van der Waals surface area (Å²) < 4.78 is 0. The highest BCUT2D eigenvalue weighted by molar-refractivity contribution is 6.32. The first-order chi connectivity index (χ1) is 9.56. The van der Waals surface area contributed by atoms with Crippen LogP contribution in [0.25, 0.3) is 0 Å². The van der Waals surface area contributed by atoms with Crippen LogP contribution in [0.4, 0.5) is 5.69 Å². The van der Waals surface area contributed by atoms with Crippen LogP contribution in [0.2, 0.25) is 5.02 Å². The second kappa shape index (κ2) is 6.45. The Kier molecular flexibility index (Phi) is 4.65. The van der Waals surface area contributed by atoms with E-state index in [2.05, 4.69) is 4.98 Å². The molecule has 6 heteroatoms. The van der Waals surface area contributed by atoms with E-state index in [1.807, 2.05) is 30.1 Å². The lowest BCUT2D eigenvalue weighted by molar-refractivity contribution is -0.384. The Hall–Kier alpha value is -1.98. The molecule has 0 fully saturated rings.